The highest BCUT2D eigenvalue weighted by molar-refractivity contribution is 5.86. The Bertz CT molecular complexity index is 811. The predicted molar refractivity (Wildman–Crippen MR) is 97.3 cm³/mol. The second kappa shape index (κ2) is 7.36. The molecule has 0 aromatic heterocycles. The lowest BCUT2D eigenvalue weighted by Crippen LogP contribution is -2.11. The number of hydrogen-bond donors (Lipinski definition) is 0. The minimum absolute atomic E-state index is 0.542. The van der Waals surface area contributed by atoms with E-state index in [2.05, 4.69) is 0 Å². The van der Waals surface area contributed by atoms with Crippen LogP contribution in [0.5, 0.6) is 0 Å². The van der Waals surface area contributed by atoms with E-state index in [-0.39, 0.29) is 0 Å². The average Bonchev–Trinajstić information content (AvgIpc) is 2.68. The molecule has 0 saturated carbocycles. The van der Waals surface area contributed by atoms with Crippen LogP contribution < -0.4 is 4.90 Å². The van der Waals surface area contributed by atoms with E-state index in [1.807, 2.05) is 23.1 Å². The molecule has 4 heteroatoms. The van der Waals surface area contributed by atoms with E-state index in [0.29, 0.717) is 16.7 Å². The molecule has 0 fully saturated rings. The van der Waals surface area contributed by atoms with Crippen molar-refractivity contribution in [1.82, 2.24) is 0 Å². The molecule has 0 aliphatic heterocycles. The fraction of sp³-hybridized carbons (Fsp3) is 0. The third-order valence-electron chi connectivity index (χ3n) is 3.79. The zero-order valence-corrected chi connectivity index (χ0v) is 13.3. The highest BCUT2D eigenvalue weighted by Gasteiger charge is 2.13. The largest absolute Gasteiger partial charge is 0.310 e. The number of benzene rings is 3. The van der Waals surface area contributed by atoms with Crippen LogP contribution in [0.3, 0.4) is 0 Å². The number of anilines is 3. The molecule has 0 spiro atoms. The first kappa shape index (κ1) is 16.3. The van der Waals surface area contributed by atoms with Crippen molar-refractivity contribution in [2.45, 2.75) is 0 Å². The number of rotatable bonds is 6. The SMILES string of the molecule is O=Cc1cccc(N(c2cccc(C=O)c2)c2cccc(C=O)c2)c1. The van der Waals surface area contributed by atoms with Gasteiger partial charge in [0.25, 0.3) is 0 Å². The molecule has 0 amide bonds. The number of aldehydes is 3. The lowest BCUT2D eigenvalue weighted by Gasteiger charge is -2.26. The second-order valence-corrected chi connectivity index (χ2v) is 5.47. The topological polar surface area (TPSA) is 54.5 Å². The smallest absolute Gasteiger partial charge is 0.150 e. The molecule has 122 valence electrons. The molecule has 3 aromatic carbocycles. The molecule has 0 aliphatic carbocycles. The number of hydrogen-bond acceptors (Lipinski definition) is 4. The van der Waals surface area contributed by atoms with E-state index in [9.17, 15) is 14.4 Å². The molecule has 0 aliphatic rings. The zero-order valence-electron chi connectivity index (χ0n) is 13.3. The van der Waals surface area contributed by atoms with Crippen LogP contribution in [-0.2, 0) is 0 Å². The van der Waals surface area contributed by atoms with Gasteiger partial charge in [-0.2, -0.15) is 0 Å². The minimum atomic E-state index is 0.542. The summed E-state index contributed by atoms with van der Waals surface area (Å²) in [5, 5.41) is 0. The molecule has 0 heterocycles. The van der Waals surface area contributed by atoms with E-state index in [1.54, 1.807) is 54.6 Å². The van der Waals surface area contributed by atoms with Gasteiger partial charge in [0, 0.05) is 33.8 Å². The van der Waals surface area contributed by atoms with Gasteiger partial charge in [0.2, 0.25) is 0 Å². The first-order valence-corrected chi connectivity index (χ1v) is 7.71. The van der Waals surface area contributed by atoms with Crippen LogP contribution in [-0.4, -0.2) is 18.9 Å². The van der Waals surface area contributed by atoms with E-state index in [1.165, 1.54) is 0 Å². The van der Waals surface area contributed by atoms with Gasteiger partial charge in [-0.15, -0.1) is 0 Å². The van der Waals surface area contributed by atoms with E-state index in [4.69, 9.17) is 0 Å². The zero-order chi connectivity index (χ0) is 17.6. The van der Waals surface area contributed by atoms with Gasteiger partial charge in [-0.05, 0) is 36.4 Å². The van der Waals surface area contributed by atoms with Crippen molar-refractivity contribution in [3.8, 4) is 0 Å². The van der Waals surface area contributed by atoms with Crippen molar-refractivity contribution in [3.63, 3.8) is 0 Å². The monoisotopic (exact) mass is 329 g/mol. The van der Waals surface area contributed by atoms with Gasteiger partial charge in [-0.1, -0.05) is 36.4 Å². The maximum atomic E-state index is 11.1. The van der Waals surface area contributed by atoms with Crippen molar-refractivity contribution in [1.29, 1.82) is 0 Å². The Morgan fingerprint density at radius 3 is 1.12 bits per heavy atom. The van der Waals surface area contributed by atoms with Crippen LogP contribution in [0, 0.1) is 0 Å². The van der Waals surface area contributed by atoms with Gasteiger partial charge >= 0.3 is 0 Å². The van der Waals surface area contributed by atoms with E-state index >= 15 is 0 Å². The van der Waals surface area contributed by atoms with Crippen molar-refractivity contribution in [2.24, 2.45) is 0 Å². The summed E-state index contributed by atoms with van der Waals surface area (Å²) in [4.78, 5) is 35.3. The molecule has 3 rings (SSSR count). The summed E-state index contributed by atoms with van der Waals surface area (Å²) in [7, 11) is 0. The highest BCUT2D eigenvalue weighted by Crippen LogP contribution is 2.35. The summed E-state index contributed by atoms with van der Waals surface area (Å²) >= 11 is 0. The molecule has 0 unspecified atom stereocenters. The van der Waals surface area contributed by atoms with Gasteiger partial charge in [-0.3, -0.25) is 14.4 Å². The molecule has 3 aromatic rings. The van der Waals surface area contributed by atoms with Crippen LogP contribution in [0.2, 0.25) is 0 Å². The van der Waals surface area contributed by atoms with Gasteiger partial charge < -0.3 is 4.90 Å². The molecular formula is C21H15NO3. The highest BCUT2D eigenvalue weighted by atomic mass is 16.1. The third kappa shape index (κ3) is 3.53. The summed E-state index contributed by atoms with van der Waals surface area (Å²) in [6, 6.07) is 21.4. The molecule has 0 N–H and O–H groups in total. The Morgan fingerprint density at radius 2 is 0.840 bits per heavy atom. The number of carbonyl (C=O) groups excluding carboxylic acids is 3. The summed E-state index contributed by atoms with van der Waals surface area (Å²) in [6.07, 6.45) is 2.35. The Labute approximate surface area is 145 Å². The molecule has 0 bridgehead atoms. The van der Waals surface area contributed by atoms with Gasteiger partial charge in [0.1, 0.15) is 18.9 Å². The van der Waals surface area contributed by atoms with Gasteiger partial charge in [-0.25, -0.2) is 0 Å². The molecular weight excluding hydrogens is 314 g/mol. The maximum absolute atomic E-state index is 11.1. The van der Waals surface area contributed by atoms with Crippen molar-refractivity contribution >= 4 is 35.9 Å². The van der Waals surface area contributed by atoms with Crippen molar-refractivity contribution < 1.29 is 14.4 Å². The minimum Gasteiger partial charge on any atom is -0.310 e. The van der Waals surface area contributed by atoms with Gasteiger partial charge in [0.15, 0.2) is 0 Å². The van der Waals surface area contributed by atoms with Crippen LogP contribution >= 0.6 is 0 Å². The summed E-state index contributed by atoms with van der Waals surface area (Å²) in [6.45, 7) is 0. The quantitative estimate of drug-likeness (QED) is 0.621. The van der Waals surface area contributed by atoms with Gasteiger partial charge in [0.05, 0.1) is 0 Å². The van der Waals surface area contributed by atoms with Crippen LogP contribution in [0.25, 0.3) is 0 Å². The van der Waals surface area contributed by atoms with E-state index < -0.39 is 0 Å². The van der Waals surface area contributed by atoms with Crippen molar-refractivity contribution in [3.05, 3.63) is 89.5 Å². The van der Waals surface area contributed by atoms with Crippen molar-refractivity contribution in [2.75, 3.05) is 4.90 Å². The lowest BCUT2D eigenvalue weighted by molar-refractivity contribution is 0.111. The average molecular weight is 329 g/mol. The lowest BCUT2D eigenvalue weighted by atomic mass is 10.1. The van der Waals surface area contributed by atoms with E-state index in [0.717, 1.165) is 35.9 Å². The molecule has 0 radical (unpaired) electrons. The van der Waals surface area contributed by atoms with Crippen LogP contribution in [0.4, 0.5) is 17.1 Å². The number of nitrogens with zero attached hydrogens (tertiary/aromatic N) is 1. The maximum Gasteiger partial charge on any atom is 0.150 e. The molecule has 0 atom stereocenters. The fourth-order valence-electron chi connectivity index (χ4n) is 2.66. The Hall–Kier alpha value is -3.53. The molecule has 25 heavy (non-hydrogen) atoms. The first-order valence-electron chi connectivity index (χ1n) is 7.71. The number of carbonyl (C=O) groups is 3. The normalized spacial score (nSPS) is 10.1. The fourth-order valence-corrected chi connectivity index (χ4v) is 2.66. The summed E-state index contributed by atoms with van der Waals surface area (Å²) < 4.78 is 0. The molecule has 4 nitrogen and oxygen atoms in total. The Morgan fingerprint density at radius 1 is 0.520 bits per heavy atom. The first-order chi connectivity index (χ1) is 12.2. The van der Waals surface area contributed by atoms with Crippen LogP contribution in [0.1, 0.15) is 31.1 Å². The summed E-state index contributed by atoms with van der Waals surface area (Å²) in [5.41, 5.74) is 3.91. The second-order valence-electron chi connectivity index (χ2n) is 5.47. The summed E-state index contributed by atoms with van der Waals surface area (Å²) in [5.74, 6) is 0. The third-order valence-corrected chi connectivity index (χ3v) is 3.79. The van der Waals surface area contributed by atoms with Crippen LogP contribution in [0.15, 0.2) is 72.8 Å². The predicted octanol–water partition coefficient (Wildman–Crippen LogP) is 4.59. The molecule has 0 saturated heterocycles. The Kier molecular flexibility index (Phi) is 4.81. The standard InChI is InChI=1S/C21H15NO3/c23-13-16-4-1-7-19(10-16)22(20-8-2-5-17(11-20)14-24)21-9-3-6-18(12-21)15-25/h1-15H. The Balaban J connectivity index is 2.20.